The van der Waals surface area contributed by atoms with Crippen LogP contribution in [0.1, 0.15) is 37.1 Å². The zero-order chi connectivity index (χ0) is 15.6. The Balaban J connectivity index is 2.20. The van der Waals surface area contributed by atoms with Crippen molar-refractivity contribution >= 4 is 0 Å². The number of hydrogen-bond donors (Lipinski definition) is 1. The van der Waals surface area contributed by atoms with Gasteiger partial charge in [0.25, 0.3) is 0 Å². The van der Waals surface area contributed by atoms with Gasteiger partial charge in [-0.05, 0) is 50.2 Å². The Morgan fingerprint density at radius 3 is 1.48 bits per heavy atom. The molecule has 2 atom stereocenters. The van der Waals surface area contributed by atoms with Crippen LogP contribution < -0.4 is 5.32 Å². The second kappa shape index (κ2) is 6.26. The fraction of sp³-hybridized carbons (Fsp3) is 0.250. The first kappa shape index (κ1) is 15.5. The van der Waals surface area contributed by atoms with Gasteiger partial charge in [-0.1, -0.05) is 0 Å². The van der Waals surface area contributed by atoms with Gasteiger partial charge in [0.1, 0.15) is 23.3 Å². The minimum Gasteiger partial charge on any atom is -0.303 e. The molecule has 112 valence electrons. The van der Waals surface area contributed by atoms with Crippen molar-refractivity contribution in [1.29, 1.82) is 0 Å². The average molecular weight is 297 g/mol. The van der Waals surface area contributed by atoms with Crippen LogP contribution in [0.2, 0.25) is 0 Å². The van der Waals surface area contributed by atoms with E-state index in [9.17, 15) is 17.6 Å². The van der Waals surface area contributed by atoms with E-state index in [-0.39, 0.29) is 11.1 Å². The van der Waals surface area contributed by atoms with Crippen molar-refractivity contribution < 1.29 is 17.6 Å². The second-order valence-corrected chi connectivity index (χ2v) is 4.94. The van der Waals surface area contributed by atoms with E-state index in [0.29, 0.717) is 0 Å². The zero-order valence-electron chi connectivity index (χ0n) is 11.6. The van der Waals surface area contributed by atoms with Crippen molar-refractivity contribution in [3.8, 4) is 0 Å². The molecule has 0 aliphatic rings. The highest BCUT2D eigenvalue weighted by molar-refractivity contribution is 5.25. The smallest absolute Gasteiger partial charge is 0.128 e. The van der Waals surface area contributed by atoms with Crippen LogP contribution in [0, 0.1) is 23.3 Å². The molecule has 21 heavy (non-hydrogen) atoms. The first-order chi connectivity index (χ1) is 9.88. The zero-order valence-corrected chi connectivity index (χ0v) is 11.6. The third-order valence-corrected chi connectivity index (χ3v) is 3.35. The maximum absolute atomic E-state index is 13.7. The predicted molar refractivity (Wildman–Crippen MR) is 72.7 cm³/mol. The standard InChI is InChI=1S/C16H15F4N/c1-9(13-7-11(17)3-5-15(13)19)21-10(2)14-8-12(18)4-6-16(14)20/h3-10,21H,1-2H3. The summed E-state index contributed by atoms with van der Waals surface area (Å²) in [5, 5.41) is 2.94. The molecule has 0 heterocycles. The molecule has 0 aliphatic carbocycles. The second-order valence-electron chi connectivity index (χ2n) is 4.94. The van der Waals surface area contributed by atoms with Crippen LogP contribution in [0.3, 0.4) is 0 Å². The van der Waals surface area contributed by atoms with E-state index in [2.05, 4.69) is 5.32 Å². The lowest BCUT2D eigenvalue weighted by molar-refractivity contribution is 0.453. The molecule has 0 amide bonds. The minimum absolute atomic E-state index is 0.138. The highest BCUT2D eigenvalue weighted by Crippen LogP contribution is 2.24. The molecule has 0 aliphatic heterocycles. The monoisotopic (exact) mass is 297 g/mol. The van der Waals surface area contributed by atoms with Gasteiger partial charge in [-0.15, -0.1) is 0 Å². The largest absolute Gasteiger partial charge is 0.303 e. The quantitative estimate of drug-likeness (QED) is 0.810. The summed E-state index contributed by atoms with van der Waals surface area (Å²) in [6.07, 6.45) is 0. The Morgan fingerprint density at radius 2 is 1.10 bits per heavy atom. The molecule has 0 spiro atoms. The molecule has 2 aromatic rings. The third kappa shape index (κ3) is 3.61. The SMILES string of the molecule is CC(NC(C)c1cc(F)ccc1F)c1cc(F)ccc1F. The van der Waals surface area contributed by atoms with Crippen molar-refractivity contribution in [3.63, 3.8) is 0 Å². The molecule has 2 rings (SSSR count). The average Bonchev–Trinajstić information content (AvgIpc) is 2.43. The predicted octanol–water partition coefficient (Wildman–Crippen LogP) is 4.65. The Bertz CT molecular complexity index is 587. The van der Waals surface area contributed by atoms with E-state index in [4.69, 9.17) is 0 Å². The maximum atomic E-state index is 13.7. The first-order valence-electron chi connectivity index (χ1n) is 6.54. The summed E-state index contributed by atoms with van der Waals surface area (Å²) in [6.45, 7) is 3.26. The summed E-state index contributed by atoms with van der Waals surface area (Å²) < 4.78 is 53.7. The normalized spacial score (nSPS) is 14.0. The van der Waals surface area contributed by atoms with Crippen LogP contribution >= 0.6 is 0 Å². The molecule has 0 radical (unpaired) electrons. The van der Waals surface area contributed by atoms with Gasteiger partial charge in [0.15, 0.2) is 0 Å². The van der Waals surface area contributed by atoms with Crippen LogP contribution in [0.15, 0.2) is 36.4 Å². The number of halogens is 4. The molecule has 2 aromatic carbocycles. The number of benzene rings is 2. The molecule has 1 N–H and O–H groups in total. The highest BCUT2D eigenvalue weighted by Gasteiger charge is 2.17. The molecule has 5 heteroatoms. The number of rotatable bonds is 4. The first-order valence-corrected chi connectivity index (χ1v) is 6.54. The van der Waals surface area contributed by atoms with Gasteiger partial charge in [-0.3, -0.25) is 0 Å². The Labute approximate surface area is 120 Å². The molecular formula is C16H15F4N. The molecule has 0 saturated heterocycles. The van der Waals surface area contributed by atoms with Crippen molar-refractivity contribution in [2.75, 3.05) is 0 Å². The lowest BCUT2D eigenvalue weighted by Crippen LogP contribution is -2.24. The van der Waals surface area contributed by atoms with Gasteiger partial charge in [0, 0.05) is 23.2 Å². The lowest BCUT2D eigenvalue weighted by Gasteiger charge is -2.21. The van der Waals surface area contributed by atoms with Gasteiger partial charge in [-0.2, -0.15) is 0 Å². The van der Waals surface area contributed by atoms with Crippen LogP contribution in [0.25, 0.3) is 0 Å². The van der Waals surface area contributed by atoms with Gasteiger partial charge in [0.2, 0.25) is 0 Å². The highest BCUT2D eigenvalue weighted by atomic mass is 19.1. The van der Waals surface area contributed by atoms with Crippen molar-refractivity contribution in [2.24, 2.45) is 0 Å². The van der Waals surface area contributed by atoms with Gasteiger partial charge in [0.05, 0.1) is 0 Å². The Hall–Kier alpha value is -1.88. The van der Waals surface area contributed by atoms with Crippen molar-refractivity contribution in [3.05, 3.63) is 70.8 Å². The maximum Gasteiger partial charge on any atom is 0.128 e. The summed E-state index contributed by atoms with van der Waals surface area (Å²) in [5.41, 5.74) is 0.275. The van der Waals surface area contributed by atoms with Crippen LogP contribution in [0.5, 0.6) is 0 Å². The lowest BCUT2D eigenvalue weighted by atomic mass is 10.0. The Kier molecular flexibility index (Phi) is 4.63. The summed E-state index contributed by atoms with van der Waals surface area (Å²) in [6, 6.07) is 5.19. The topological polar surface area (TPSA) is 12.0 Å². The van der Waals surface area contributed by atoms with Crippen molar-refractivity contribution in [2.45, 2.75) is 25.9 Å². The van der Waals surface area contributed by atoms with E-state index in [1.807, 2.05) is 0 Å². The molecule has 2 unspecified atom stereocenters. The van der Waals surface area contributed by atoms with Gasteiger partial charge >= 0.3 is 0 Å². The Morgan fingerprint density at radius 1 is 0.714 bits per heavy atom. The number of nitrogens with one attached hydrogen (secondary N) is 1. The molecule has 0 aromatic heterocycles. The molecule has 0 saturated carbocycles. The van der Waals surface area contributed by atoms with E-state index in [1.54, 1.807) is 13.8 Å². The molecular weight excluding hydrogens is 282 g/mol. The summed E-state index contributed by atoms with van der Waals surface area (Å²) in [4.78, 5) is 0. The molecule has 0 fully saturated rings. The fourth-order valence-corrected chi connectivity index (χ4v) is 2.25. The molecule has 1 nitrogen and oxygen atoms in total. The van der Waals surface area contributed by atoms with Crippen LogP contribution in [-0.4, -0.2) is 0 Å². The van der Waals surface area contributed by atoms with Gasteiger partial charge < -0.3 is 5.32 Å². The van der Waals surface area contributed by atoms with E-state index >= 15 is 0 Å². The van der Waals surface area contributed by atoms with E-state index in [0.717, 1.165) is 36.4 Å². The molecule has 0 bridgehead atoms. The van der Waals surface area contributed by atoms with E-state index < -0.39 is 35.4 Å². The van der Waals surface area contributed by atoms with Crippen molar-refractivity contribution in [1.82, 2.24) is 5.32 Å². The summed E-state index contributed by atoms with van der Waals surface area (Å²) >= 11 is 0. The van der Waals surface area contributed by atoms with E-state index in [1.165, 1.54) is 0 Å². The minimum atomic E-state index is -0.557. The van der Waals surface area contributed by atoms with Crippen LogP contribution in [-0.2, 0) is 0 Å². The number of hydrogen-bond acceptors (Lipinski definition) is 1. The third-order valence-electron chi connectivity index (χ3n) is 3.35. The fourth-order valence-electron chi connectivity index (χ4n) is 2.25. The summed E-state index contributed by atoms with van der Waals surface area (Å²) in [5.74, 6) is -2.21. The van der Waals surface area contributed by atoms with Gasteiger partial charge in [-0.25, -0.2) is 17.6 Å². The summed E-state index contributed by atoms with van der Waals surface area (Å²) in [7, 11) is 0. The van der Waals surface area contributed by atoms with Crippen LogP contribution in [0.4, 0.5) is 17.6 Å².